The molecule has 0 aliphatic rings. The van der Waals surface area contributed by atoms with Crippen LogP contribution in [0.2, 0.25) is 0 Å². The summed E-state index contributed by atoms with van der Waals surface area (Å²) in [6, 6.07) is 15.3. The van der Waals surface area contributed by atoms with Crippen LogP contribution in [-0.2, 0) is 11.3 Å². The van der Waals surface area contributed by atoms with Crippen LogP contribution in [0, 0.1) is 6.92 Å². The molecule has 4 aromatic rings. The quantitative estimate of drug-likeness (QED) is 0.561. The summed E-state index contributed by atoms with van der Waals surface area (Å²) in [7, 11) is 0. The predicted octanol–water partition coefficient (Wildman–Crippen LogP) is 3.86. The van der Waals surface area contributed by atoms with Gasteiger partial charge in [-0.2, -0.15) is 0 Å². The number of anilines is 1. The highest BCUT2D eigenvalue weighted by atomic mass is 32.1. The highest BCUT2D eigenvalue weighted by molar-refractivity contribution is 7.14. The van der Waals surface area contributed by atoms with Gasteiger partial charge in [0.15, 0.2) is 5.13 Å². The van der Waals surface area contributed by atoms with Crippen LogP contribution in [-0.4, -0.2) is 20.4 Å². The fraction of sp³-hybridized carbons (Fsp3) is 0.143. The lowest BCUT2D eigenvalue weighted by Gasteiger charge is -2.06. The third-order valence-corrected chi connectivity index (χ3v) is 5.17. The van der Waals surface area contributed by atoms with E-state index in [1.54, 1.807) is 18.2 Å². The molecule has 0 radical (unpaired) electrons. The van der Waals surface area contributed by atoms with Crippen molar-refractivity contribution in [3.8, 4) is 11.3 Å². The van der Waals surface area contributed by atoms with Gasteiger partial charge in [0.05, 0.1) is 22.9 Å². The van der Waals surface area contributed by atoms with E-state index >= 15 is 0 Å². The van der Waals surface area contributed by atoms with Crippen molar-refractivity contribution in [2.75, 3.05) is 5.32 Å². The van der Waals surface area contributed by atoms with Crippen LogP contribution in [0.15, 0.2) is 65.0 Å². The Hall–Kier alpha value is -3.32. The minimum atomic E-state index is -0.190. The van der Waals surface area contributed by atoms with Gasteiger partial charge in [-0.05, 0) is 19.1 Å². The Balaban J connectivity index is 1.41. The van der Waals surface area contributed by atoms with Gasteiger partial charge in [0.25, 0.3) is 5.56 Å². The standard InChI is InChI=1S/C21H18N4O2S/c1-14-6-8-15(9-7-14)18-12-28-21(23-18)24-19(26)10-11-25-13-22-17-5-3-2-4-16(17)20(25)27/h2-9,12-13H,10-11H2,1H3,(H,23,24,26). The zero-order chi connectivity index (χ0) is 19.5. The second-order valence-electron chi connectivity index (χ2n) is 6.46. The molecule has 7 heteroatoms. The first-order chi connectivity index (χ1) is 13.6. The van der Waals surface area contributed by atoms with Crippen molar-refractivity contribution in [3.05, 3.63) is 76.2 Å². The van der Waals surface area contributed by atoms with Gasteiger partial charge in [-0.25, -0.2) is 9.97 Å². The number of thiazole rings is 1. The Kier molecular flexibility index (Phi) is 4.99. The predicted molar refractivity (Wildman–Crippen MR) is 112 cm³/mol. The molecule has 0 saturated carbocycles. The SMILES string of the molecule is Cc1ccc(-c2csc(NC(=O)CCn3cnc4ccccc4c3=O)n2)cc1. The topological polar surface area (TPSA) is 76.9 Å². The maximum Gasteiger partial charge on any atom is 0.261 e. The highest BCUT2D eigenvalue weighted by Gasteiger charge is 2.10. The minimum Gasteiger partial charge on any atom is -0.302 e. The average molecular weight is 390 g/mol. The summed E-state index contributed by atoms with van der Waals surface area (Å²) in [6.07, 6.45) is 1.65. The van der Waals surface area contributed by atoms with Crippen molar-refractivity contribution < 1.29 is 4.79 Å². The van der Waals surface area contributed by atoms with Crippen LogP contribution in [0.25, 0.3) is 22.2 Å². The third kappa shape index (κ3) is 3.84. The summed E-state index contributed by atoms with van der Waals surface area (Å²) in [5.74, 6) is -0.190. The number of nitrogens with zero attached hydrogens (tertiary/aromatic N) is 3. The van der Waals surface area contributed by atoms with Crippen LogP contribution < -0.4 is 10.9 Å². The summed E-state index contributed by atoms with van der Waals surface area (Å²) < 4.78 is 1.46. The Morgan fingerprint density at radius 1 is 1.14 bits per heavy atom. The summed E-state index contributed by atoms with van der Waals surface area (Å²) >= 11 is 1.38. The highest BCUT2D eigenvalue weighted by Crippen LogP contribution is 2.25. The summed E-state index contributed by atoms with van der Waals surface area (Å²) in [5, 5.41) is 5.81. The molecule has 1 N–H and O–H groups in total. The van der Waals surface area contributed by atoms with Gasteiger partial charge < -0.3 is 5.32 Å². The molecule has 0 bridgehead atoms. The molecule has 6 nitrogen and oxygen atoms in total. The number of carbonyl (C=O) groups excluding carboxylic acids is 1. The lowest BCUT2D eigenvalue weighted by molar-refractivity contribution is -0.116. The van der Waals surface area contributed by atoms with Crippen LogP contribution in [0.1, 0.15) is 12.0 Å². The van der Waals surface area contributed by atoms with E-state index in [2.05, 4.69) is 15.3 Å². The van der Waals surface area contributed by atoms with Gasteiger partial charge in [0.2, 0.25) is 5.91 Å². The summed E-state index contributed by atoms with van der Waals surface area (Å²) in [4.78, 5) is 33.5. The number of aromatic nitrogens is 3. The van der Waals surface area contributed by atoms with Gasteiger partial charge in [0, 0.05) is 23.9 Å². The molecule has 2 heterocycles. The fourth-order valence-corrected chi connectivity index (χ4v) is 3.59. The molecule has 0 fully saturated rings. The van der Waals surface area contributed by atoms with Crippen LogP contribution in [0.3, 0.4) is 0 Å². The largest absolute Gasteiger partial charge is 0.302 e. The Morgan fingerprint density at radius 2 is 1.93 bits per heavy atom. The maximum absolute atomic E-state index is 12.5. The smallest absolute Gasteiger partial charge is 0.261 e. The number of para-hydroxylation sites is 1. The molecule has 0 aliphatic carbocycles. The van der Waals surface area contributed by atoms with E-state index in [9.17, 15) is 9.59 Å². The first-order valence-electron chi connectivity index (χ1n) is 8.87. The van der Waals surface area contributed by atoms with E-state index in [4.69, 9.17) is 0 Å². The molecule has 2 aromatic carbocycles. The number of amides is 1. The number of aryl methyl sites for hydroxylation is 2. The number of hydrogen-bond donors (Lipinski definition) is 1. The van der Waals surface area contributed by atoms with E-state index in [-0.39, 0.29) is 24.4 Å². The molecule has 140 valence electrons. The van der Waals surface area contributed by atoms with Crippen molar-refractivity contribution in [1.29, 1.82) is 0 Å². The molecule has 0 aliphatic heterocycles. The molecule has 2 aromatic heterocycles. The molecular weight excluding hydrogens is 372 g/mol. The minimum absolute atomic E-state index is 0.144. The second kappa shape index (κ2) is 7.74. The van der Waals surface area contributed by atoms with Crippen molar-refractivity contribution in [1.82, 2.24) is 14.5 Å². The number of rotatable bonds is 5. The molecule has 28 heavy (non-hydrogen) atoms. The first-order valence-corrected chi connectivity index (χ1v) is 9.75. The fourth-order valence-electron chi connectivity index (χ4n) is 2.86. The maximum atomic E-state index is 12.5. The number of nitrogens with one attached hydrogen (secondary N) is 1. The van der Waals surface area contributed by atoms with E-state index in [0.717, 1.165) is 11.3 Å². The second-order valence-corrected chi connectivity index (χ2v) is 7.32. The third-order valence-electron chi connectivity index (χ3n) is 4.41. The first kappa shape index (κ1) is 18.1. The average Bonchev–Trinajstić information content (AvgIpc) is 3.16. The van der Waals surface area contributed by atoms with Gasteiger partial charge in [-0.1, -0.05) is 42.0 Å². The molecular formula is C21H18N4O2S. The lowest BCUT2D eigenvalue weighted by Crippen LogP contribution is -2.23. The van der Waals surface area contributed by atoms with Crippen molar-refractivity contribution in [2.24, 2.45) is 0 Å². The van der Waals surface area contributed by atoms with Gasteiger partial charge in [-0.15, -0.1) is 11.3 Å². The van der Waals surface area contributed by atoms with E-state index in [1.165, 1.54) is 27.8 Å². The number of benzene rings is 2. The van der Waals surface area contributed by atoms with Crippen LogP contribution >= 0.6 is 11.3 Å². The normalized spacial score (nSPS) is 10.9. The Bertz CT molecular complexity index is 1190. The molecule has 0 unspecified atom stereocenters. The summed E-state index contributed by atoms with van der Waals surface area (Å²) in [6.45, 7) is 2.30. The van der Waals surface area contributed by atoms with Gasteiger partial charge in [-0.3, -0.25) is 14.2 Å². The zero-order valence-electron chi connectivity index (χ0n) is 15.3. The lowest BCUT2D eigenvalue weighted by atomic mass is 10.1. The van der Waals surface area contributed by atoms with Crippen molar-refractivity contribution >= 4 is 33.3 Å². The van der Waals surface area contributed by atoms with E-state index < -0.39 is 0 Å². The van der Waals surface area contributed by atoms with Gasteiger partial charge in [0.1, 0.15) is 0 Å². The van der Waals surface area contributed by atoms with E-state index in [0.29, 0.717) is 16.0 Å². The molecule has 0 saturated heterocycles. The molecule has 1 amide bonds. The van der Waals surface area contributed by atoms with Gasteiger partial charge >= 0.3 is 0 Å². The Morgan fingerprint density at radius 3 is 2.75 bits per heavy atom. The van der Waals surface area contributed by atoms with Crippen molar-refractivity contribution in [3.63, 3.8) is 0 Å². The van der Waals surface area contributed by atoms with E-state index in [1.807, 2.05) is 42.6 Å². The van der Waals surface area contributed by atoms with Crippen molar-refractivity contribution in [2.45, 2.75) is 19.9 Å². The summed E-state index contributed by atoms with van der Waals surface area (Å²) in [5.41, 5.74) is 3.53. The molecule has 0 atom stereocenters. The number of hydrogen-bond acceptors (Lipinski definition) is 5. The number of fused-ring (bicyclic) bond motifs is 1. The molecule has 4 rings (SSSR count). The van der Waals surface area contributed by atoms with Crippen LogP contribution in [0.5, 0.6) is 0 Å². The monoisotopic (exact) mass is 390 g/mol. The molecule has 0 spiro atoms. The Labute approximate surface area is 165 Å². The zero-order valence-corrected chi connectivity index (χ0v) is 16.1. The van der Waals surface area contributed by atoms with Crippen LogP contribution in [0.4, 0.5) is 5.13 Å². The number of carbonyl (C=O) groups is 1.